The maximum atomic E-state index is 5.77. The highest BCUT2D eigenvalue weighted by Crippen LogP contribution is 2.14. The second kappa shape index (κ2) is 28.5. The van der Waals surface area contributed by atoms with Gasteiger partial charge >= 0.3 is 0 Å². The van der Waals surface area contributed by atoms with E-state index in [1.54, 1.807) is 0 Å². The van der Waals surface area contributed by atoms with Crippen molar-refractivity contribution in [2.45, 2.75) is 168 Å². The Morgan fingerprint density at radius 1 is 0.472 bits per heavy atom. The first kappa shape index (κ1) is 32.9. The Labute approximate surface area is 226 Å². The summed E-state index contributed by atoms with van der Waals surface area (Å²) in [6, 6.07) is 10.5. The van der Waals surface area contributed by atoms with E-state index in [1.807, 2.05) is 0 Å². The smallest absolute Gasteiger partial charge is 0.0716 e. The standard InChI is InChI=1S/C35H62O/c1-2-3-4-5-6-7-8-9-10-11-12-13-14-15-16-17-18-19-20-21-22-23-24-25-26-30-33-36-34-35-31-28-27-29-32-35/h18-19,27-29,31-32H,2-17,20-26,30,33-34H2,1H3. The predicted octanol–water partition coefficient (Wildman–Crippen LogP) is 12.1. The van der Waals surface area contributed by atoms with E-state index in [0.29, 0.717) is 0 Å². The van der Waals surface area contributed by atoms with Crippen molar-refractivity contribution < 1.29 is 4.74 Å². The van der Waals surface area contributed by atoms with Gasteiger partial charge in [0.25, 0.3) is 0 Å². The first-order chi connectivity index (χ1) is 17.9. The molecule has 0 aliphatic carbocycles. The molecule has 0 aliphatic heterocycles. The molecule has 0 unspecified atom stereocenters. The van der Waals surface area contributed by atoms with Crippen LogP contribution in [0.1, 0.15) is 167 Å². The molecule has 0 bridgehead atoms. The highest BCUT2D eigenvalue weighted by atomic mass is 16.5. The molecule has 36 heavy (non-hydrogen) atoms. The van der Waals surface area contributed by atoms with Crippen LogP contribution >= 0.6 is 0 Å². The zero-order chi connectivity index (χ0) is 25.6. The van der Waals surface area contributed by atoms with Crippen LogP contribution < -0.4 is 0 Å². The van der Waals surface area contributed by atoms with Crippen molar-refractivity contribution >= 4 is 0 Å². The molecule has 0 heterocycles. The third kappa shape index (κ3) is 24.6. The summed E-state index contributed by atoms with van der Waals surface area (Å²) in [6.45, 7) is 3.96. The molecular weight excluding hydrogens is 436 g/mol. The highest BCUT2D eigenvalue weighted by molar-refractivity contribution is 5.13. The van der Waals surface area contributed by atoms with Crippen LogP contribution in [0.15, 0.2) is 42.5 Å². The van der Waals surface area contributed by atoms with Gasteiger partial charge in [-0.2, -0.15) is 0 Å². The molecular formula is C35H62O. The fourth-order valence-electron chi connectivity index (χ4n) is 4.98. The average molecular weight is 499 g/mol. The van der Waals surface area contributed by atoms with E-state index < -0.39 is 0 Å². The van der Waals surface area contributed by atoms with E-state index >= 15 is 0 Å². The van der Waals surface area contributed by atoms with Crippen LogP contribution in [-0.4, -0.2) is 6.61 Å². The second-order valence-corrected chi connectivity index (χ2v) is 11.0. The van der Waals surface area contributed by atoms with Crippen LogP contribution in [0.3, 0.4) is 0 Å². The van der Waals surface area contributed by atoms with E-state index in [4.69, 9.17) is 4.74 Å². The summed E-state index contributed by atoms with van der Waals surface area (Å²) in [4.78, 5) is 0. The lowest BCUT2D eigenvalue weighted by Gasteiger charge is -2.04. The van der Waals surface area contributed by atoms with Crippen LogP contribution in [0, 0.1) is 0 Å². The Bertz CT molecular complexity index is 549. The Balaban J connectivity index is 1.67. The lowest BCUT2D eigenvalue weighted by Crippen LogP contribution is -1.95. The molecule has 1 rings (SSSR count). The fourth-order valence-corrected chi connectivity index (χ4v) is 4.98. The molecule has 0 radical (unpaired) electrons. The third-order valence-corrected chi connectivity index (χ3v) is 7.41. The monoisotopic (exact) mass is 498 g/mol. The summed E-state index contributed by atoms with van der Waals surface area (Å²) in [5.41, 5.74) is 1.28. The fraction of sp³-hybridized carbons (Fsp3) is 0.771. The lowest BCUT2D eigenvalue weighted by atomic mass is 10.0. The van der Waals surface area contributed by atoms with Crippen LogP contribution in [0.5, 0.6) is 0 Å². The quantitative estimate of drug-likeness (QED) is 0.0824. The van der Waals surface area contributed by atoms with E-state index in [2.05, 4.69) is 49.4 Å². The normalized spacial score (nSPS) is 11.6. The molecule has 0 amide bonds. The van der Waals surface area contributed by atoms with Gasteiger partial charge < -0.3 is 4.74 Å². The van der Waals surface area contributed by atoms with Gasteiger partial charge in [0.1, 0.15) is 0 Å². The Hall–Kier alpha value is -1.08. The molecule has 0 aliphatic rings. The third-order valence-electron chi connectivity index (χ3n) is 7.41. The van der Waals surface area contributed by atoms with Gasteiger partial charge in [-0.1, -0.05) is 171 Å². The summed E-state index contributed by atoms with van der Waals surface area (Å²) >= 11 is 0. The number of rotatable bonds is 28. The number of unbranched alkanes of at least 4 members (excludes halogenated alkanes) is 22. The van der Waals surface area contributed by atoms with Crippen LogP contribution in [0.2, 0.25) is 0 Å². The van der Waals surface area contributed by atoms with Crippen molar-refractivity contribution in [2.75, 3.05) is 6.61 Å². The minimum absolute atomic E-state index is 0.758. The van der Waals surface area contributed by atoms with Crippen LogP contribution in [0.25, 0.3) is 0 Å². The van der Waals surface area contributed by atoms with Crippen molar-refractivity contribution in [1.82, 2.24) is 0 Å². The Morgan fingerprint density at radius 2 is 0.861 bits per heavy atom. The summed E-state index contributed by atoms with van der Waals surface area (Å²) in [7, 11) is 0. The van der Waals surface area contributed by atoms with Gasteiger partial charge in [-0.15, -0.1) is 0 Å². The molecule has 1 heteroatoms. The highest BCUT2D eigenvalue weighted by Gasteiger charge is 1.96. The second-order valence-electron chi connectivity index (χ2n) is 11.0. The molecule has 1 aromatic rings. The molecule has 0 saturated heterocycles. The van der Waals surface area contributed by atoms with E-state index in [0.717, 1.165) is 13.2 Å². The van der Waals surface area contributed by atoms with Gasteiger partial charge in [-0.05, 0) is 37.7 Å². The molecule has 0 fully saturated rings. The zero-order valence-electron chi connectivity index (χ0n) is 24.3. The Morgan fingerprint density at radius 3 is 1.31 bits per heavy atom. The minimum atomic E-state index is 0.758. The maximum Gasteiger partial charge on any atom is 0.0716 e. The number of allylic oxidation sites excluding steroid dienone is 2. The minimum Gasteiger partial charge on any atom is -0.377 e. The van der Waals surface area contributed by atoms with Crippen molar-refractivity contribution in [3.8, 4) is 0 Å². The molecule has 0 saturated carbocycles. The first-order valence-corrected chi connectivity index (χ1v) is 16.2. The molecule has 0 N–H and O–H groups in total. The number of hydrogen-bond donors (Lipinski definition) is 0. The molecule has 0 spiro atoms. The van der Waals surface area contributed by atoms with Gasteiger partial charge in [0.2, 0.25) is 0 Å². The number of benzene rings is 1. The molecule has 208 valence electrons. The molecule has 1 aromatic carbocycles. The van der Waals surface area contributed by atoms with E-state index in [1.165, 1.54) is 160 Å². The molecule has 0 atom stereocenters. The molecule has 1 nitrogen and oxygen atoms in total. The SMILES string of the molecule is CCCCCCCCCCCCCCCCCC=CCCCCCCCCCOCc1ccccc1. The van der Waals surface area contributed by atoms with Gasteiger partial charge in [0.15, 0.2) is 0 Å². The van der Waals surface area contributed by atoms with Crippen molar-refractivity contribution in [2.24, 2.45) is 0 Å². The van der Waals surface area contributed by atoms with Gasteiger partial charge in [0, 0.05) is 6.61 Å². The summed E-state index contributed by atoms with van der Waals surface area (Å²) < 4.78 is 5.77. The van der Waals surface area contributed by atoms with Crippen LogP contribution in [-0.2, 0) is 11.3 Å². The Kier molecular flexibility index (Phi) is 26.1. The lowest BCUT2D eigenvalue weighted by molar-refractivity contribution is 0.116. The van der Waals surface area contributed by atoms with Gasteiger partial charge in [0.05, 0.1) is 6.61 Å². The average Bonchev–Trinajstić information content (AvgIpc) is 2.91. The largest absolute Gasteiger partial charge is 0.377 e. The first-order valence-electron chi connectivity index (χ1n) is 16.2. The van der Waals surface area contributed by atoms with Crippen molar-refractivity contribution in [3.05, 3.63) is 48.0 Å². The molecule has 0 aromatic heterocycles. The van der Waals surface area contributed by atoms with Crippen molar-refractivity contribution in [1.29, 1.82) is 0 Å². The summed E-state index contributed by atoms with van der Waals surface area (Å²) in [6.07, 6.45) is 38.7. The van der Waals surface area contributed by atoms with Gasteiger partial charge in [-0.25, -0.2) is 0 Å². The predicted molar refractivity (Wildman–Crippen MR) is 162 cm³/mol. The zero-order valence-corrected chi connectivity index (χ0v) is 24.3. The van der Waals surface area contributed by atoms with Crippen molar-refractivity contribution in [3.63, 3.8) is 0 Å². The van der Waals surface area contributed by atoms with E-state index in [9.17, 15) is 0 Å². The van der Waals surface area contributed by atoms with Crippen LogP contribution in [0.4, 0.5) is 0 Å². The number of hydrogen-bond acceptors (Lipinski definition) is 1. The summed E-state index contributed by atoms with van der Waals surface area (Å²) in [5, 5.41) is 0. The van der Waals surface area contributed by atoms with E-state index in [-0.39, 0.29) is 0 Å². The van der Waals surface area contributed by atoms with Gasteiger partial charge in [-0.3, -0.25) is 0 Å². The topological polar surface area (TPSA) is 9.23 Å². The number of ether oxygens (including phenoxy) is 1. The summed E-state index contributed by atoms with van der Waals surface area (Å²) in [5.74, 6) is 0. The maximum absolute atomic E-state index is 5.77.